The van der Waals surface area contributed by atoms with Crippen LogP contribution in [0.15, 0.2) is 67.3 Å². The van der Waals surface area contributed by atoms with Crippen molar-refractivity contribution < 1.29 is 0 Å². The average molecular weight is 341 g/mol. The van der Waals surface area contributed by atoms with Crippen LogP contribution >= 0.6 is 0 Å². The molecule has 1 aliphatic rings. The molecule has 0 aliphatic heterocycles. The van der Waals surface area contributed by atoms with Gasteiger partial charge in [0.2, 0.25) is 0 Å². The van der Waals surface area contributed by atoms with Gasteiger partial charge in [0.25, 0.3) is 0 Å². The van der Waals surface area contributed by atoms with Crippen molar-refractivity contribution in [3.8, 4) is 5.82 Å². The summed E-state index contributed by atoms with van der Waals surface area (Å²) in [6.07, 6.45) is 8.81. The highest BCUT2D eigenvalue weighted by molar-refractivity contribution is 5.76. The van der Waals surface area contributed by atoms with Crippen LogP contribution in [-0.4, -0.2) is 19.5 Å². The molecule has 0 saturated heterocycles. The normalized spacial score (nSPS) is 16.4. The van der Waals surface area contributed by atoms with Crippen molar-refractivity contribution in [3.63, 3.8) is 0 Å². The van der Waals surface area contributed by atoms with Crippen molar-refractivity contribution in [2.45, 2.75) is 25.3 Å². The zero-order chi connectivity index (χ0) is 17.3. The van der Waals surface area contributed by atoms with Gasteiger partial charge in [0.15, 0.2) is 5.82 Å². The third-order valence-electron chi connectivity index (χ3n) is 5.01. The molecule has 0 spiro atoms. The van der Waals surface area contributed by atoms with E-state index in [4.69, 9.17) is 4.98 Å². The Morgan fingerprint density at radius 2 is 1.88 bits per heavy atom. The number of anilines is 1. The van der Waals surface area contributed by atoms with Gasteiger partial charge >= 0.3 is 0 Å². The number of benzene rings is 2. The van der Waals surface area contributed by atoms with Crippen molar-refractivity contribution in [2.75, 3.05) is 5.32 Å². The Bertz CT molecular complexity index is 1070. The van der Waals surface area contributed by atoms with Gasteiger partial charge in [0.05, 0.1) is 29.5 Å². The molecule has 4 aromatic rings. The van der Waals surface area contributed by atoms with Crippen LogP contribution in [0.3, 0.4) is 0 Å². The summed E-state index contributed by atoms with van der Waals surface area (Å²) < 4.78 is 1.97. The fraction of sp³-hybridized carbons (Fsp3) is 0.190. The Kier molecular flexibility index (Phi) is 3.63. The predicted molar refractivity (Wildman–Crippen MR) is 102 cm³/mol. The van der Waals surface area contributed by atoms with Crippen LogP contribution in [-0.2, 0) is 6.42 Å². The van der Waals surface area contributed by atoms with Gasteiger partial charge in [0, 0.05) is 0 Å². The van der Waals surface area contributed by atoms with Crippen LogP contribution in [0.25, 0.3) is 16.9 Å². The summed E-state index contributed by atoms with van der Waals surface area (Å²) in [5.74, 6) is 1.56. The number of imidazole rings is 1. The molecule has 0 amide bonds. The number of hydrogen-bond acceptors (Lipinski definition) is 4. The van der Waals surface area contributed by atoms with Crippen molar-refractivity contribution >= 4 is 16.9 Å². The van der Waals surface area contributed by atoms with Gasteiger partial charge in [-0.15, -0.1) is 0 Å². The summed E-state index contributed by atoms with van der Waals surface area (Å²) in [7, 11) is 0. The number of rotatable bonds is 3. The summed E-state index contributed by atoms with van der Waals surface area (Å²) in [4.78, 5) is 13.6. The zero-order valence-corrected chi connectivity index (χ0v) is 14.3. The molecule has 1 aliphatic carbocycles. The molecular weight excluding hydrogens is 322 g/mol. The van der Waals surface area contributed by atoms with Gasteiger partial charge in [0.1, 0.15) is 12.1 Å². The van der Waals surface area contributed by atoms with E-state index >= 15 is 0 Å². The van der Waals surface area contributed by atoms with Gasteiger partial charge in [-0.25, -0.2) is 9.97 Å². The number of fused-ring (bicyclic) bond motifs is 2. The van der Waals surface area contributed by atoms with Gasteiger partial charge in [-0.05, 0) is 42.5 Å². The lowest BCUT2D eigenvalue weighted by atomic mass is 9.88. The van der Waals surface area contributed by atoms with Gasteiger partial charge in [-0.1, -0.05) is 36.4 Å². The van der Waals surface area contributed by atoms with E-state index in [-0.39, 0.29) is 6.04 Å². The molecule has 0 radical (unpaired) electrons. The first kappa shape index (κ1) is 15.1. The molecule has 0 fully saturated rings. The number of nitrogens with one attached hydrogen (secondary N) is 1. The molecule has 128 valence electrons. The molecule has 0 unspecified atom stereocenters. The molecule has 2 heterocycles. The maximum Gasteiger partial charge on any atom is 0.159 e. The number of aryl methyl sites for hydroxylation is 1. The second-order valence-electron chi connectivity index (χ2n) is 6.65. The zero-order valence-electron chi connectivity index (χ0n) is 14.3. The maximum absolute atomic E-state index is 4.78. The van der Waals surface area contributed by atoms with Crippen molar-refractivity contribution in [3.05, 3.63) is 78.4 Å². The van der Waals surface area contributed by atoms with Crippen LogP contribution in [0, 0.1) is 0 Å². The molecule has 2 aromatic heterocycles. The Balaban J connectivity index is 1.48. The average Bonchev–Trinajstić information content (AvgIpc) is 3.13. The monoisotopic (exact) mass is 341 g/mol. The Morgan fingerprint density at radius 3 is 2.88 bits per heavy atom. The minimum absolute atomic E-state index is 0.282. The number of para-hydroxylation sites is 2. The molecule has 5 nitrogen and oxygen atoms in total. The lowest BCUT2D eigenvalue weighted by Crippen LogP contribution is -2.18. The Labute approximate surface area is 151 Å². The largest absolute Gasteiger partial charge is 0.362 e. The summed E-state index contributed by atoms with van der Waals surface area (Å²) in [5, 5.41) is 3.58. The quantitative estimate of drug-likeness (QED) is 0.603. The minimum Gasteiger partial charge on any atom is -0.362 e. The third-order valence-corrected chi connectivity index (χ3v) is 5.01. The highest BCUT2D eigenvalue weighted by Gasteiger charge is 2.20. The van der Waals surface area contributed by atoms with E-state index < -0.39 is 0 Å². The molecule has 0 saturated carbocycles. The third kappa shape index (κ3) is 2.62. The fourth-order valence-corrected chi connectivity index (χ4v) is 3.77. The Hall–Kier alpha value is -3.21. The molecule has 1 atom stereocenters. The molecule has 5 heteroatoms. The van der Waals surface area contributed by atoms with E-state index in [9.17, 15) is 0 Å². The summed E-state index contributed by atoms with van der Waals surface area (Å²) in [6, 6.07) is 17.0. The smallest absolute Gasteiger partial charge is 0.159 e. The second kappa shape index (κ2) is 6.26. The molecule has 2 aromatic carbocycles. The summed E-state index contributed by atoms with van der Waals surface area (Å²) >= 11 is 0. The van der Waals surface area contributed by atoms with Crippen LogP contribution in [0.4, 0.5) is 5.82 Å². The topological polar surface area (TPSA) is 55.6 Å². The van der Waals surface area contributed by atoms with Gasteiger partial charge < -0.3 is 5.32 Å². The van der Waals surface area contributed by atoms with Crippen molar-refractivity contribution in [2.24, 2.45) is 0 Å². The molecule has 1 N–H and O–H groups in total. The van der Waals surface area contributed by atoms with Gasteiger partial charge in [-0.3, -0.25) is 9.55 Å². The van der Waals surface area contributed by atoms with Crippen molar-refractivity contribution in [1.29, 1.82) is 0 Å². The van der Waals surface area contributed by atoms with E-state index in [1.807, 2.05) is 28.8 Å². The molecule has 26 heavy (non-hydrogen) atoms. The number of aromatic nitrogens is 4. The summed E-state index contributed by atoms with van der Waals surface area (Å²) in [5.41, 5.74) is 4.79. The van der Waals surface area contributed by atoms with Crippen LogP contribution < -0.4 is 5.32 Å². The highest BCUT2D eigenvalue weighted by atomic mass is 15.2. The lowest BCUT2D eigenvalue weighted by molar-refractivity contribution is 0.598. The van der Waals surface area contributed by atoms with E-state index in [1.54, 1.807) is 18.7 Å². The maximum atomic E-state index is 4.78. The minimum atomic E-state index is 0.282. The van der Waals surface area contributed by atoms with Gasteiger partial charge in [-0.2, -0.15) is 0 Å². The van der Waals surface area contributed by atoms with E-state index in [0.29, 0.717) is 0 Å². The molecule has 5 rings (SSSR count). The fourth-order valence-electron chi connectivity index (χ4n) is 3.77. The molecule has 0 bridgehead atoms. The van der Waals surface area contributed by atoms with Crippen molar-refractivity contribution in [1.82, 2.24) is 19.5 Å². The second-order valence-corrected chi connectivity index (χ2v) is 6.65. The first-order valence-corrected chi connectivity index (χ1v) is 8.97. The predicted octanol–water partition coefficient (Wildman–Crippen LogP) is 4.31. The molecular formula is C21H19N5. The first-order chi connectivity index (χ1) is 12.9. The van der Waals surface area contributed by atoms with Crippen LogP contribution in [0.5, 0.6) is 0 Å². The first-order valence-electron chi connectivity index (χ1n) is 8.97. The standard InChI is InChI=1S/C21H19N5/c1-2-8-16-15(6-1)7-5-10-17(16)24-20-12-22-13-21(25-20)26-14-23-18-9-3-4-11-19(18)26/h1-4,6,8-9,11-14,17H,5,7,10H2,(H,24,25)/t17-/m0/s1. The van der Waals surface area contributed by atoms with Crippen LogP contribution in [0.2, 0.25) is 0 Å². The number of hydrogen-bond donors (Lipinski definition) is 1. The SMILES string of the molecule is c1ccc2c(c1)CCC[C@@H]2Nc1cncc(-n2cnc3ccccc32)n1. The van der Waals surface area contributed by atoms with E-state index in [1.165, 1.54) is 17.5 Å². The summed E-state index contributed by atoms with van der Waals surface area (Å²) in [6.45, 7) is 0. The Morgan fingerprint density at radius 1 is 1.00 bits per heavy atom. The van der Waals surface area contributed by atoms with E-state index in [0.717, 1.165) is 35.5 Å². The van der Waals surface area contributed by atoms with E-state index in [2.05, 4.69) is 39.6 Å². The lowest BCUT2D eigenvalue weighted by Gasteiger charge is -2.26. The van der Waals surface area contributed by atoms with Crippen LogP contribution in [0.1, 0.15) is 30.0 Å². The number of nitrogens with zero attached hydrogens (tertiary/aromatic N) is 4. The highest BCUT2D eigenvalue weighted by Crippen LogP contribution is 2.32.